The lowest BCUT2D eigenvalue weighted by atomic mass is 9.72. The standard InChI is InChI=1S/C15H20O2/c1-9-6-7-11-10(2)14(16)17-13(11)15(3)8-4-5-12(9)15/h4-5,8-11,13H,6-7H2,1-3H3/t9-,10-,11-,13+,15+/m0/s1. The quantitative estimate of drug-likeness (QED) is 0.600. The van der Waals surface area contributed by atoms with Gasteiger partial charge in [-0.3, -0.25) is 4.79 Å². The molecule has 0 N–H and O–H groups in total. The maximum Gasteiger partial charge on any atom is 0.309 e. The molecule has 2 fully saturated rings. The fraction of sp³-hybridized carbons (Fsp3) is 0.667. The molecule has 1 heterocycles. The minimum Gasteiger partial charge on any atom is -0.461 e. The Morgan fingerprint density at radius 2 is 2.12 bits per heavy atom. The van der Waals surface area contributed by atoms with E-state index in [1.165, 1.54) is 12.0 Å². The Morgan fingerprint density at radius 3 is 2.88 bits per heavy atom. The van der Waals surface area contributed by atoms with Gasteiger partial charge in [-0.05, 0) is 25.7 Å². The Hall–Kier alpha value is -1.05. The smallest absolute Gasteiger partial charge is 0.309 e. The molecule has 2 nitrogen and oxygen atoms in total. The molecule has 1 aliphatic heterocycles. The van der Waals surface area contributed by atoms with Crippen molar-refractivity contribution >= 4 is 5.97 Å². The number of hydrogen-bond acceptors (Lipinski definition) is 2. The lowest BCUT2D eigenvalue weighted by Gasteiger charge is -2.34. The number of carbonyl (C=O) groups is 1. The van der Waals surface area contributed by atoms with Gasteiger partial charge < -0.3 is 4.74 Å². The van der Waals surface area contributed by atoms with Crippen molar-refractivity contribution in [2.24, 2.45) is 23.2 Å². The molecule has 92 valence electrons. The minimum atomic E-state index is -0.0546. The largest absolute Gasteiger partial charge is 0.461 e. The molecule has 5 atom stereocenters. The summed E-state index contributed by atoms with van der Waals surface area (Å²) in [6.45, 7) is 6.55. The van der Waals surface area contributed by atoms with Crippen molar-refractivity contribution in [3.05, 3.63) is 23.8 Å². The van der Waals surface area contributed by atoms with E-state index in [-0.39, 0.29) is 23.4 Å². The van der Waals surface area contributed by atoms with Crippen molar-refractivity contribution in [3.63, 3.8) is 0 Å². The highest BCUT2D eigenvalue weighted by molar-refractivity contribution is 5.75. The summed E-state index contributed by atoms with van der Waals surface area (Å²) in [7, 11) is 0. The lowest BCUT2D eigenvalue weighted by Crippen LogP contribution is -2.35. The van der Waals surface area contributed by atoms with Crippen molar-refractivity contribution < 1.29 is 9.53 Å². The number of fused-ring (bicyclic) bond motifs is 3. The zero-order valence-electron chi connectivity index (χ0n) is 10.8. The normalized spacial score (nSPS) is 48.2. The van der Waals surface area contributed by atoms with Crippen LogP contribution in [0.1, 0.15) is 33.6 Å². The summed E-state index contributed by atoms with van der Waals surface area (Å²) in [4.78, 5) is 11.8. The molecule has 3 rings (SSSR count). The third-order valence-corrected chi connectivity index (χ3v) is 5.04. The van der Waals surface area contributed by atoms with E-state index in [1.807, 2.05) is 6.92 Å². The van der Waals surface area contributed by atoms with E-state index >= 15 is 0 Å². The molecule has 0 aromatic heterocycles. The van der Waals surface area contributed by atoms with Crippen LogP contribution in [0.5, 0.6) is 0 Å². The summed E-state index contributed by atoms with van der Waals surface area (Å²) in [6, 6.07) is 0. The second-order valence-corrected chi connectivity index (χ2v) is 6.05. The first-order chi connectivity index (χ1) is 8.04. The van der Waals surface area contributed by atoms with E-state index in [9.17, 15) is 4.79 Å². The molecule has 0 amide bonds. The Labute approximate surface area is 103 Å². The van der Waals surface area contributed by atoms with Gasteiger partial charge >= 0.3 is 5.97 Å². The van der Waals surface area contributed by atoms with Crippen LogP contribution in [-0.2, 0) is 9.53 Å². The molecule has 0 aromatic rings. The summed E-state index contributed by atoms with van der Waals surface area (Å²) in [5, 5.41) is 0. The molecule has 2 aliphatic carbocycles. The number of hydrogen-bond donors (Lipinski definition) is 0. The minimum absolute atomic E-state index is 0.00423. The molecule has 17 heavy (non-hydrogen) atoms. The number of ether oxygens (including phenoxy) is 1. The molecule has 1 saturated carbocycles. The SMILES string of the molecule is C[C@@H]1C(=O)O[C@@H]2[C@H]1CC[C@H](C)C1=CC=C[C@]12C. The number of rotatable bonds is 0. The Kier molecular flexibility index (Phi) is 2.26. The summed E-state index contributed by atoms with van der Waals surface area (Å²) < 4.78 is 5.69. The first-order valence-corrected chi connectivity index (χ1v) is 6.64. The van der Waals surface area contributed by atoms with Gasteiger partial charge in [-0.25, -0.2) is 0 Å². The molecule has 0 unspecified atom stereocenters. The van der Waals surface area contributed by atoms with Crippen molar-refractivity contribution in [2.75, 3.05) is 0 Å². The molecule has 1 saturated heterocycles. The van der Waals surface area contributed by atoms with Crippen LogP contribution in [0.2, 0.25) is 0 Å². The number of carbonyl (C=O) groups excluding carboxylic acids is 1. The Morgan fingerprint density at radius 1 is 1.35 bits per heavy atom. The predicted molar refractivity (Wildman–Crippen MR) is 66.3 cm³/mol. The van der Waals surface area contributed by atoms with E-state index in [1.54, 1.807) is 0 Å². The second-order valence-electron chi connectivity index (χ2n) is 6.05. The maximum absolute atomic E-state index is 11.8. The summed E-state index contributed by atoms with van der Waals surface area (Å²) >= 11 is 0. The van der Waals surface area contributed by atoms with Gasteiger partial charge in [0.05, 0.1) is 5.92 Å². The molecule has 3 aliphatic rings. The highest BCUT2D eigenvalue weighted by Crippen LogP contribution is 2.53. The van der Waals surface area contributed by atoms with Crippen LogP contribution in [-0.4, -0.2) is 12.1 Å². The molecule has 0 aromatic carbocycles. The maximum atomic E-state index is 11.8. The van der Waals surface area contributed by atoms with Gasteiger partial charge in [0.25, 0.3) is 0 Å². The highest BCUT2D eigenvalue weighted by atomic mass is 16.6. The second kappa shape index (κ2) is 3.47. The number of allylic oxidation sites excluding steroid dienone is 2. The zero-order chi connectivity index (χ0) is 12.2. The fourth-order valence-electron chi connectivity index (χ4n) is 3.91. The predicted octanol–water partition coefficient (Wildman–Crippen LogP) is 3.10. The highest BCUT2D eigenvalue weighted by Gasteiger charge is 2.54. The summed E-state index contributed by atoms with van der Waals surface area (Å²) in [5.74, 6) is 1.06. The van der Waals surface area contributed by atoms with Crippen LogP contribution in [0.15, 0.2) is 23.8 Å². The molecule has 2 heteroatoms. The Bertz CT molecular complexity index is 421. The first kappa shape index (κ1) is 11.1. The third kappa shape index (κ3) is 1.36. The van der Waals surface area contributed by atoms with Crippen LogP contribution in [0.3, 0.4) is 0 Å². The van der Waals surface area contributed by atoms with E-state index in [0.29, 0.717) is 11.8 Å². The lowest BCUT2D eigenvalue weighted by molar-refractivity contribution is -0.146. The van der Waals surface area contributed by atoms with E-state index in [4.69, 9.17) is 4.74 Å². The van der Waals surface area contributed by atoms with Gasteiger partial charge in [0.1, 0.15) is 6.10 Å². The molecule has 0 radical (unpaired) electrons. The van der Waals surface area contributed by atoms with Crippen LogP contribution in [0, 0.1) is 23.2 Å². The van der Waals surface area contributed by atoms with Gasteiger partial charge in [0.15, 0.2) is 0 Å². The van der Waals surface area contributed by atoms with Crippen molar-refractivity contribution in [3.8, 4) is 0 Å². The zero-order valence-corrected chi connectivity index (χ0v) is 10.8. The van der Waals surface area contributed by atoms with Gasteiger partial charge in [-0.2, -0.15) is 0 Å². The van der Waals surface area contributed by atoms with Gasteiger partial charge in [-0.15, -0.1) is 0 Å². The van der Waals surface area contributed by atoms with Gasteiger partial charge in [-0.1, -0.05) is 37.6 Å². The third-order valence-electron chi connectivity index (χ3n) is 5.04. The van der Waals surface area contributed by atoms with E-state index < -0.39 is 0 Å². The Balaban J connectivity index is 2.04. The van der Waals surface area contributed by atoms with Crippen LogP contribution >= 0.6 is 0 Å². The van der Waals surface area contributed by atoms with Crippen LogP contribution in [0.4, 0.5) is 0 Å². The van der Waals surface area contributed by atoms with Crippen LogP contribution < -0.4 is 0 Å². The monoisotopic (exact) mass is 232 g/mol. The average molecular weight is 232 g/mol. The van der Waals surface area contributed by atoms with Crippen LogP contribution in [0.25, 0.3) is 0 Å². The van der Waals surface area contributed by atoms with Crippen molar-refractivity contribution in [1.29, 1.82) is 0 Å². The molecular weight excluding hydrogens is 212 g/mol. The molecule has 0 spiro atoms. The van der Waals surface area contributed by atoms with E-state index in [0.717, 1.165) is 6.42 Å². The topological polar surface area (TPSA) is 26.3 Å². The van der Waals surface area contributed by atoms with E-state index in [2.05, 4.69) is 32.1 Å². The summed E-state index contributed by atoms with van der Waals surface area (Å²) in [5.41, 5.74) is 1.40. The van der Waals surface area contributed by atoms with Crippen molar-refractivity contribution in [2.45, 2.75) is 39.7 Å². The fourth-order valence-corrected chi connectivity index (χ4v) is 3.91. The number of esters is 1. The molecule has 0 bridgehead atoms. The van der Waals surface area contributed by atoms with Gasteiger partial charge in [0.2, 0.25) is 0 Å². The average Bonchev–Trinajstić information content (AvgIpc) is 2.78. The first-order valence-electron chi connectivity index (χ1n) is 6.64. The van der Waals surface area contributed by atoms with Crippen molar-refractivity contribution in [1.82, 2.24) is 0 Å². The molecular formula is C15H20O2. The summed E-state index contributed by atoms with van der Waals surface area (Å²) in [6.07, 6.45) is 8.92. The van der Waals surface area contributed by atoms with Gasteiger partial charge in [0, 0.05) is 11.3 Å².